The molecule has 0 fully saturated rings. The Morgan fingerprint density at radius 2 is 1.73 bits per heavy atom. The Balaban J connectivity index is 0. The molecule has 0 aliphatic heterocycles. The normalized spacial score (nSPS) is 13.5. The van der Waals surface area contributed by atoms with E-state index in [4.69, 9.17) is 21.1 Å². The third-order valence-corrected chi connectivity index (χ3v) is 3.92. The lowest BCUT2D eigenvalue weighted by Gasteiger charge is -2.18. The van der Waals surface area contributed by atoms with Gasteiger partial charge in [0.1, 0.15) is 24.7 Å². The highest BCUT2D eigenvalue weighted by Crippen LogP contribution is 2.08. The molecule has 2 amide bonds. The quantitative estimate of drug-likeness (QED) is 0.203. The Hall–Kier alpha value is -2.22. The highest BCUT2D eigenvalue weighted by Gasteiger charge is 2.24. The summed E-state index contributed by atoms with van der Waals surface area (Å²) >= 11 is 0.596. The number of carbonyl (C=O) groups excluding carboxylic acids is 3. The summed E-state index contributed by atoms with van der Waals surface area (Å²) < 4.78 is 0. The number of hydrogen-bond donors (Lipinski definition) is 6. The number of hydrogen-bond acceptors (Lipinski definition) is 8. The maximum atomic E-state index is 11.9. The van der Waals surface area contributed by atoms with Crippen LogP contribution in [0.25, 0.3) is 0 Å². The van der Waals surface area contributed by atoms with E-state index in [2.05, 4.69) is 10.6 Å². The Morgan fingerprint density at radius 3 is 2.19 bits per heavy atom. The van der Waals surface area contributed by atoms with E-state index in [-0.39, 0.29) is 24.1 Å². The van der Waals surface area contributed by atoms with Crippen molar-refractivity contribution in [2.24, 2.45) is 5.73 Å². The number of carboxylic acids is 2. The summed E-state index contributed by atoms with van der Waals surface area (Å²) in [4.78, 5) is 56.2. The lowest BCUT2D eigenvalue weighted by molar-refractivity contribution is -0.139. The molecule has 0 radical (unpaired) electrons. The first-order valence-corrected chi connectivity index (χ1v) is 8.15. The number of amides is 2. The number of rotatable bonds is 11. The summed E-state index contributed by atoms with van der Waals surface area (Å²) in [6, 6.07) is -2.48. The predicted molar refractivity (Wildman–Crippen MR) is 90.2 cm³/mol. The molecule has 0 saturated heterocycles. The highest BCUT2D eigenvalue weighted by atomic mass is 32.2. The van der Waals surface area contributed by atoms with E-state index in [0.717, 1.165) is 0 Å². The zero-order valence-corrected chi connectivity index (χ0v) is 14.7. The molecule has 3 atom stereocenters. The second-order valence-corrected chi connectivity index (χ2v) is 6.05. The summed E-state index contributed by atoms with van der Waals surface area (Å²) in [7, 11) is 0. The van der Waals surface area contributed by atoms with Gasteiger partial charge >= 0.3 is 11.9 Å². The summed E-state index contributed by atoms with van der Waals surface area (Å²) in [6.07, 6.45) is -1.70. The number of nitrogens with two attached hydrogens (primary N) is 1. The van der Waals surface area contributed by atoms with Gasteiger partial charge in [-0.25, -0.2) is 0 Å². The van der Waals surface area contributed by atoms with Crippen molar-refractivity contribution < 1.29 is 44.8 Å². The van der Waals surface area contributed by atoms with Gasteiger partial charge < -0.3 is 37.2 Å². The van der Waals surface area contributed by atoms with E-state index in [9.17, 15) is 24.0 Å². The van der Waals surface area contributed by atoms with Crippen molar-refractivity contribution in [3.05, 3.63) is 0 Å². The molecule has 0 bridgehead atoms. The van der Waals surface area contributed by atoms with Crippen molar-refractivity contribution in [3.8, 4) is 0 Å². The van der Waals surface area contributed by atoms with E-state index in [1.54, 1.807) is 0 Å². The molecule has 0 aromatic heterocycles. The molecule has 9 N–H and O–H groups in total. The monoisotopic (exact) mass is 397 g/mol. The molecule has 0 heterocycles. The zero-order valence-electron chi connectivity index (χ0n) is 13.9. The number of aliphatic hydroxyl groups excluding tert-OH is 1. The molecule has 0 aliphatic carbocycles. The molecule has 0 aromatic carbocycles. The van der Waals surface area contributed by atoms with Gasteiger partial charge in [-0.05, 0) is 13.3 Å². The van der Waals surface area contributed by atoms with Crippen LogP contribution in [0.3, 0.4) is 0 Å². The largest absolute Gasteiger partial charge is 0.480 e. The van der Waals surface area contributed by atoms with Crippen molar-refractivity contribution in [3.63, 3.8) is 0 Å². The van der Waals surface area contributed by atoms with Crippen LogP contribution in [0.5, 0.6) is 0 Å². The van der Waals surface area contributed by atoms with Crippen LogP contribution < -0.4 is 16.4 Å². The van der Waals surface area contributed by atoms with Gasteiger partial charge in [-0.3, -0.25) is 24.0 Å². The predicted octanol–water partition coefficient (Wildman–Crippen LogP) is -3.32. The van der Waals surface area contributed by atoms with Crippen LogP contribution in [-0.2, 0) is 24.0 Å². The third-order valence-electron chi connectivity index (χ3n) is 2.80. The first-order chi connectivity index (χ1) is 11.5. The van der Waals surface area contributed by atoms with E-state index in [1.807, 2.05) is 0 Å². The minimum absolute atomic E-state index is 0. The van der Waals surface area contributed by atoms with Crippen molar-refractivity contribution >= 4 is 40.6 Å². The van der Waals surface area contributed by atoms with Crippen LogP contribution in [0.2, 0.25) is 0 Å². The molecule has 0 aliphatic rings. The van der Waals surface area contributed by atoms with Gasteiger partial charge in [-0.15, -0.1) is 0 Å². The third kappa shape index (κ3) is 11.4. The topological polar surface area (TPSA) is 228 Å². The van der Waals surface area contributed by atoms with Gasteiger partial charge in [0.2, 0.25) is 16.9 Å². The first-order valence-electron chi connectivity index (χ1n) is 7.16. The Morgan fingerprint density at radius 1 is 1.15 bits per heavy atom. The number of aliphatic hydroxyl groups is 1. The summed E-state index contributed by atoms with van der Waals surface area (Å²) in [5.74, 6) is -4.31. The van der Waals surface area contributed by atoms with Gasteiger partial charge in [-0.2, -0.15) is 0 Å². The Labute approximate surface area is 152 Å². The van der Waals surface area contributed by atoms with Crippen LogP contribution in [0.4, 0.5) is 0 Å². The lowest BCUT2D eigenvalue weighted by atomic mass is 10.1. The van der Waals surface area contributed by atoms with Crippen molar-refractivity contribution in [2.45, 2.75) is 38.0 Å². The summed E-state index contributed by atoms with van der Waals surface area (Å²) in [5.41, 5.74) is 5.27. The number of aliphatic carboxylic acids is 2. The van der Waals surface area contributed by atoms with E-state index in [0.29, 0.717) is 11.8 Å². The molecule has 0 saturated carbocycles. The lowest BCUT2D eigenvalue weighted by Crippen LogP contribution is -2.49. The fourth-order valence-corrected chi connectivity index (χ4v) is 2.24. The molecule has 0 rings (SSSR count). The fourth-order valence-electron chi connectivity index (χ4n) is 1.43. The van der Waals surface area contributed by atoms with Gasteiger partial charge in [0, 0.05) is 12.2 Å². The second kappa shape index (κ2) is 13.0. The van der Waals surface area contributed by atoms with Crippen molar-refractivity contribution in [1.29, 1.82) is 0 Å². The highest BCUT2D eigenvalue weighted by molar-refractivity contribution is 8.13. The van der Waals surface area contributed by atoms with Crippen LogP contribution in [0.1, 0.15) is 19.8 Å². The zero-order chi connectivity index (χ0) is 19.6. The smallest absolute Gasteiger partial charge is 0.322 e. The average Bonchev–Trinajstić information content (AvgIpc) is 2.53. The van der Waals surface area contributed by atoms with E-state index >= 15 is 0 Å². The number of carboxylic acid groups (broad SMARTS) is 2. The molecular weight excluding hydrogens is 374 g/mol. The number of thioether (sulfide) groups is 1. The molecule has 26 heavy (non-hydrogen) atoms. The molecule has 1 unspecified atom stereocenters. The minimum atomic E-state index is -1.29. The van der Waals surface area contributed by atoms with Crippen LogP contribution in [0.15, 0.2) is 0 Å². The Bertz CT molecular complexity index is 527. The van der Waals surface area contributed by atoms with E-state index < -0.39 is 53.6 Å². The summed E-state index contributed by atoms with van der Waals surface area (Å²) in [5, 5.41) is 30.0. The standard InChI is InChI=1S/C13H21N3O8S.H2O/c1-6(17)13(24)25-5-8(11(21)15-4-10(19)20)16-9(18)3-2-7(14)12(22)23;/h6-8,17H,2-5,14H2,1H3,(H,15,21)(H,16,18)(H,19,20)(H,22,23);1H2/t6?,7-,8-;/m0./s1. The van der Waals surface area contributed by atoms with Gasteiger partial charge in [0.15, 0.2) is 0 Å². The molecule has 12 nitrogen and oxygen atoms in total. The van der Waals surface area contributed by atoms with Crippen LogP contribution in [0, 0.1) is 0 Å². The molecule has 150 valence electrons. The number of nitrogens with one attached hydrogen (secondary N) is 2. The van der Waals surface area contributed by atoms with Crippen molar-refractivity contribution in [2.75, 3.05) is 12.3 Å². The van der Waals surface area contributed by atoms with Crippen molar-refractivity contribution in [1.82, 2.24) is 10.6 Å². The Kier molecular flexibility index (Phi) is 13.1. The minimum Gasteiger partial charge on any atom is -0.480 e. The first kappa shape index (κ1) is 26.0. The maximum Gasteiger partial charge on any atom is 0.322 e. The van der Waals surface area contributed by atoms with Crippen LogP contribution in [-0.4, -0.2) is 80.1 Å². The van der Waals surface area contributed by atoms with E-state index in [1.165, 1.54) is 6.92 Å². The fraction of sp³-hybridized carbons (Fsp3) is 0.615. The van der Waals surface area contributed by atoms with Gasteiger partial charge in [0.25, 0.3) is 0 Å². The molecule has 0 spiro atoms. The molecular formula is C13H23N3O9S. The second-order valence-electron chi connectivity index (χ2n) is 5.02. The van der Waals surface area contributed by atoms with Gasteiger partial charge in [0.05, 0.1) is 0 Å². The van der Waals surface area contributed by atoms with Crippen LogP contribution >= 0.6 is 11.8 Å². The SMILES string of the molecule is CC(O)C(=O)SC[C@H](NC(=O)CC[C@H](N)C(=O)O)C(=O)NCC(=O)O.O. The summed E-state index contributed by atoms with van der Waals surface area (Å²) in [6.45, 7) is 0.560. The van der Waals surface area contributed by atoms with Gasteiger partial charge in [-0.1, -0.05) is 11.8 Å². The maximum absolute atomic E-state index is 11.9. The average molecular weight is 397 g/mol. The molecule has 0 aromatic rings. The number of carbonyl (C=O) groups is 5. The molecule has 13 heteroatoms.